The summed E-state index contributed by atoms with van der Waals surface area (Å²) in [5, 5.41) is 12.0. The minimum absolute atomic E-state index is 0.0603. The van der Waals surface area contributed by atoms with E-state index < -0.39 is 17.9 Å². The zero-order valence-corrected chi connectivity index (χ0v) is 27.5. The first-order valence-electron chi connectivity index (χ1n) is 16.3. The summed E-state index contributed by atoms with van der Waals surface area (Å²) in [5.74, 6) is -2.69. The smallest absolute Gasteiger partial charge is 0.315 e. The third-order valence-electron chi connectivity index (χ3n) is 6.81. The SMILES string of the molecule is O=C(CCOCCOCCOCCN1CCOCC1)OC(=O)CC/C(=N/O)OC(=O)CCOCCOCCOCCN1CCOCC1. The minimum Gasteiger partial charge on any atom is -0.408 e. The molecule has 17 nitrogen and oxygen atoms in total. The zero-order valence-electron chi connectivity index (χ0n) is 27.5. The predicted molar refractivity (Wildman–Crippen MR) is 164 cm³/mol. The molecule has 0 saturated carbocycles. The van der Waals surface area contributed by atoms with Gasteiger partial charge in [0.15, 0.2) is 0 Å². The number of carbonyl (C=O) groups excluding carboxylic acids is 3. The van der Waals surface area contributed by atoms with Gasteiger partial charge in [0.1, 0.15) is 0 Å². The van der Waals surface area contributed by atoms with E-state index in [0.29, 0.717) is 52.9 Å². The van der Waals surface area contributed by atoms with Crippen LogP contribution in [0.1, 0.15) is 25.7 Å². The van der Waals surface area contributed by atoms with Crippen molar-refractivity contribution >= 4 is 23.8 Å². The number of oxime groups is 1. The van der Waals surface area contributed by atoms with Gasteiger partial charge in [-0.25, -0.2) is 0 Å². The summed E-state index contributed by atoms with van der Waals surface area (Å²) in [4.78, 5) is 40.3. The van der Waals surface area contributed by atoms with Crippen molar-refractivity contribution in [1.82, 2.24) is 9.80 Å². The second-order valence-electron chi connectivity index (χ2n) is 10.4. The van der Waals surface area contributed by atoms with Gasteiger partial charge in [-0.1, -0.05) is 5.16 Å². The van der Waals surface area contributed by atoms with Gasteiger partial charge >= 0.3 is 17.9 Å². The summed E-state index contributed by atoms with van der Waals surface area (Å²) in [7, 11) is 0. The van der Waals surface area contributed by atoms with Crippen LogP contribution >= 0.6 is 0 Å². The Morgan fingerprint density at radius 1 is 0.489 bits per heavy atom. The molecule has 0 aromatic heterocycles. The van der Waals surface area contributed by atoms with Crippen LogP contribution in [0.2, 0.25) is 0 Å². The van der Waals surface area contributed by atoms with Crippen LogP contribution in [0.3, 0.4) is 0 Å². The van der Waals surface area contributed by atoms with Crippen molar-refractivity contribution in [2.45, 2.75) is 25.7 Å². The molecule has 2 rings (SSSR count). The van der Waals surface area contributed by atoms with Crippen LogP contribution in [-0.2, 0) is 61.8 Å². The van der Waals surface area contributed by atoms with Crippen molar-refractivity contribution in [2.75, 3.05) is 145 Å². The molecule has 2 saturated heterocycles. The van der Waals surface area contributed by atoms with E-state index in [1.807, 2.05) is 0 Å². The number of morpholine rings is 2. The van der Waals surface area contributed by atoms with Crippen molar-refractivity contribution < 1.29 is 67.0 Å². The molecule has 2 aliphatic heterocycles. The monoisotopic (exact) mass is 679 g/mol. The van der Waals surface area contributed by atoms with Gasteiger partial charge in [-0.15, -0.1) is 0 Å². The van der Waals surface area contributed by atoms with E-state index in [2.05, 4.69) is 15.0 Å². The van der Waals surface area contributed by atoms with Crippen molar-refractivity contribution in [3.8, 4) is 0 Å². The third-order valence-corrected chi connectivity index (χ3v) is 6.81. The van der Waals surface area contributed by atoms with Crippen LogP contribution in [-0.4, -0.2) is 184 Å². The Labute approximate surface area is 276 Å². The van der Waals surface area contributed by atoms with Crippen molar-refractivity contribution in [3.05, 3.63) is 0 Å². The zero-order chi connectivity index (χ0) is 33.6. The lowest BCUT2D eigenvalue weighted by Gasteiger charge is -2.26. The lowest BCUT2D eigenvalue weighted by atomic mass is 10.3. The van der Waals surface area contributed by atoms with Gasteiger partial charge in [0.05, 0.1) is 125 Å². The number of ether oxygens (including phenoxy) is 10. The highest BCUT2D eigenvalue weighted by Gasteiger charge is 2.16. The molecule has 17 heteroatoms. The van der Waals surface area contributed by atoms with Gasteiger partial charge in [0.2, 0.25) is 5.90 Å². The Hall–Kier alpha value is -2.32. The molecule has 0 amide bonds. The highest BCUT2D eigenvalue weighted by molar-refractivity contribution is 5.91. The van der Waals surface area contributed by atoms with Crippen molar-refractivity contribution in [3.63, 3.8) is 0 Å². The van der Waals surface area contributed by atoms with Crippen molar-refractivity contribution in [1.29, 1.82) is 0 Å². The molecule has 2 heterocycles. The predicted octanol–water partition coefficient (Wildman–Crippen LogP) is -0.288. The van der Waals surface area contributed by atoms with E-state index >= 15 is 0 Å². The highest BCUT2D eigenvalue weighted by Crippen LogP contribution is 2.02. The van der Waals surface area contributed by atoms with E-state index in [0.717, 1.165) is 65.7 Å². The average Bonchev–Trinajstić information content (AvgIpc) is 3.08. The Kier molecular flexibility index (Phi) is 24.9. The minimum atomic E-state index is -0.852. The number of hydrogen-bond acceptors (Lipinski definition) is 17. The third kappa shape index (κ3) is 23.6. The van der Waals surface area contributed by atoms with Crippen LogP contribution in [0.4, 0.5) is 0 Å². The molecule has 0 aromatic rings. The second-order valence-corrected chi connectivity index (χ2v) is 10.4. The summed E-state index contributed by atoms with van der Waals surface area (Å²) >= 11 is 0. The number of rotatable bonds is 27. The van der Waals surface area contributed by atoms with E-state index in [9.17, 15) is 14.4 Å². The van der Waals surface area contributed by atoms with E-state index in [-0.39, 0.29) is 58.0 Å². The molecule has 47 heavy (non-hydrogen) atoms. The Morgan fingerprint density at radius 2 is 0.851 bits per heavy atom. The Balaban J connectivity index is 1.33. The van der Waals surface area contributed by atoms with E-state index in [4.69, 9.17) is 52.6 Å². The molecular formula is C30H53N3O14. The first-order chi connectivity index (χ1) is 23.1. The topological polar surface area (TPSA) is 183 Å². The van der Waals surface area contributed by atoms with Crippen molar-refractivity contribution in [2.24, 2.45) is 5.16 Å². The number of hydrogen-bond donors (Lipinski definition) is 1. The summed E-state index contributed by atoms with van der Waals surface area (Å²) < 4.78 is 52.8. The van der Waals surface area contributed by atoms with Crippen LogP contribution in [0, 0.1) is 0 Å². The van der Waals surface area contributed by atoms with Crippen LogP contribution in [0.5, 0.6) is 0 Å². The molecule has 0 aromatic carbocycles. The second kappa shape index (κ2) is 28.7. The normalized spacial score (nSPS) is 16.3. The van der Waals surface area contributed by atoms with Crippen LogP contribution in [0.25, 0.3) is 0 Å². The molecule has 0 atom stereocenters. The molecule has 0 spiro atoms. The van der Waals surface area contributed by atoms with Gasteiger partial charge in [-0.05, 0) is 0 Å². The largest absolute Gasteiger partial charge is 0.408 e. The summed E-state index contributed by atoms with van der Waals surface area (Å²) in [6.45, 7) is 13.0. The van der Waals surface area contributed by atoms with E-state index in [1.54, 1.807) is 0 Å². The maximum Gasteiger partial charge on any atom is 0.315 e. The maximum absolute atomic E-state index is 12.0. The van der Waals surface area contributed by atoms with E-state index in [1.165, 1.54) is 0 Å². The first-order valence-corrected chi connectivity index (χ1v) is 16.3. The highest BCUT2D eigenvalue weighted by atomic mass is 16.6. The van der Waals surface area contributed by atoms with Gasteiger partial charge < -0.3 is 52.6 Å². The molecule has 0 bridgehead atoms. The maximum atomic E-state index is 12.0. The summed E-state index contributed by atoms with van der Waals surface area (Å²) in [6.07, 6.45) is -0.782. The number of carbonyl (C=O) groups is 3. The molecule has 272 valence electrons. The lowest BCUT2D eigenvalue weighted by Crippen LogP contribution is -2.38. The van der Waals surface area contributed by atoms with Gasteiger partial charge in [-0.2, -0.15) is 0 Å². The fourth-order valence-corrected chi connectivity index (χ4v) is 4.17. The summed E-state index contributed by atoms with van der Waals surface area (Å²) in [6, 6.07) is 0. The molecular weight excluding hydrogens is 626 g/mol. The standard InChI is InChI=1S/C30H53N3O14/c34-28(47-30(36)4-12-39-20-24-45-26-22-43-18-10-33-7-15-41-16-8-33)2-1-27(31-37)46-29(35)3-11-38-19-23-44-25-21-42-17-9-32-5-13-40-14-6-32/h37H,1-26H2/b31-27-. The first kappa shape index (κ1) is 40.9. The van der Waals surface area contributed by atoms with Gasteiger partial charge in [0, 0.05) is 45.7 Å². The molecule has 0 unspecified atom stereocenters. The number of esters is 3. The van der Waals surface area contributed by atoms with Gasteiger partial charge in [-0.3, -0.25) is 24.2 Å². The fraction of sp³-hybridized carbons (Fsp3) is 0.867. The summed E-state index contributed by atoms with van der Waals surface area (Å²) in [5.41, 5.74) is 0. The fourth-order valence-electron chi connectivity index (χ4n) is 4.17. The quantitative estimate of drug-likeness (QED) is 0.0227. The molecule has 0 aliphatic carbocycles. The molecule has 1 N–H and O–H groups in total. The van der Waals surface area contributed by atoms with Crippen LogP contribution < -0.4 is 0 Å². The lowest BCUT2D eigenvalue weighted by molar-refractivity contribution is -0.160. The Bertz CT molecular complexity index is 854. The molecule has 2 fully saturated rings. The van der Waals surface area contributed by atoms with Gasteiger partial charge in [0.25, 0.3) is 0 Å². The molecule has 0 radical (unpaired) electrons. The average molecular weight is 680 g/mol. The molecule has 2 aliphatic rings. The number of nitrogens with zero attached hydrogens (tertiary/aromatic N) is 3. The Morgan fingerprint density at radius 3 is 1.28 bits per heavy atom. The van der Waals surface area contributed by atoms with Crippen LogP contribution in [0.15, 0.2) is 5.16 Å².